The molecule has 4 rings (SSSR count). The summed E-state index contributed by atoms with van der Waals surface area (Å²) in [4.78, 5) is 25.8. The highest BCUT2D eigenvalue weighted by atomic mass is 16.2. The first kappa shape index (κ1) is 16.3. The molecule has 3 aromatic rings. The Morgan fingerprint density at radius 1 is 1.04 bits per heavy atom. The fourth-order valence-electron chi connectivity index (χ4n) is 3.31. The Kier molecular flexibility index (Phi) is 4.35. The number of rotatable bonds is 3. The largest absolute Gasteiger partial charge is 0.335 e. The molecular formula is C19H20N6O. The van der Waals surface area contributed by atoms with Crippen LogP contribution in [0.3, 0.4) is 0 Å². The van der Waals surface area contributed by atoms with Crippen LogP contribution >= 0.6 is 0 Å². The lowest BCUT2D eigenvalue weighted by molar-refractivity contribution is 0.0725. The molecule has 3 heterocycles. The standard InChI is InChI=1S/C19H20N6O/c1-15-14-23(12-13-24(15)19-20-8-4-9-21-19)18(26)16-6-2-3-7-17(16)25-11-5-10-22-25/h2-11,15H,12-14H2,1H3. The van der Waals surface area contributed by atoms with Crippen molar-refractivity contribution in [3.8, 4) is 5.69 Å². The minimum Gasteiger partial charge on any atom is -0.335 e. The lowest BCUT2D eigenvalue weighted by Gasteiger charge is -2.40. The number of nitrogens with zero attached hydrogens (tertiary/aromatic N) is 6. The maximum absolute atomic E-state index is 13.1. The van der Waals surface area contributed by atoms with Gasteiger partial charge in [-0.05, 0) is 31.2 Å². The number of anilines is 1. The van der Waals surface area contributed by atoms with E-state index in [0.29, 0.717) is 31.1 Å². The molecule has 1 aliphatic rings. The summed E-state index contributed by atoms with van der Waals surface area (Å²) in [7, 11) is 0. The molecule has 1 aliphatic heterocycles. The van der Waals surface area contributed by atoms with Gasteiger partial charge in [0, 0.05) is 50.5 Å². The summed E-state index contributed by atoms with van der Waals surface area (Å²) in [6.07, 6.45) is 7.04. The third kappa shape index (κ3) is 3.03. The number of benzene rings is 1. The molecule has 7 heteroatoms. The molecule has 0 saturated carbocycles. The van der Waals surface area contributed by atoms with Crippen LogP contribution in [0.25, 0.3) is 5.69 Å². The molecule has 2 aromatic heterocycles. The van der Waals surface area contributed by atoms with Gasteiger partial charge in [-0.15, -0.1) is 0 Å². The predicted octanol–water partition coefficient (Wildman–Crippen LogP) is 2.01. The molecule has 0 aliphatic carbocycles. The number of carbonyl (C=O) groups excluding carboxylic acids is 1. The predicted molar refractivity (Wildman–Crippen MR) is 98.3 cm³/mol. The van der Waals surface area contributed by atoms with Crippen LogP contribution in [-0.2, 0) is 0 Å². The minimum absolute atomic E-state index is 0.0246. The molecule has 26 heavy (non-hydrogen) atoms. The second kappa shape index (κ2) is 6.95. The van der Waals surface area contributed by atoms with Gasteiger partial charge in [-0.1, -0.05) is 12.1 Å². The maximum Gasteiger partial charge on any atom is 0.256 e. The summed E-state index contributed by atoms with van der Waals surface area (Å²) in [6, 6.07) is 11.4. The number of piperazine rings is 1. The molecular weight excluding hydrogens is 328 g/mol. The normalized spacial score (nSPS) is 17.3. The highest BCUT2D eigenvalue weighted by molar-refractivity contribution is 5.98. The second-order valence-electron chi connectivity index (χ2n) is 6.31. The van der Waals surface area contributed by atoms with Crippen molar-refractivity contribution in [1.82, 2.24) is 24.6 Å². The number of hydrogen-bond donors (Lipinski definition) is 0. The molecule has 0 spiro atoms. The quantitative estimate of drug-likeness (QED) is 0.724. The van der Waals surface area contributed by atoms with Crippen LogP contribution in [0.15, 0.2) is 61.2 Å². The van der Waals surface area contributed by atoms with E-state index in [-0.39, 0.29) is 11.9 Å². The van der Waals surface area contributed by atoms with E-state index in [9.17, 15) is 4.79 Å². The first-order valence-electron chi connectivity index (χ1n) is 8.66. The molecule has 1 unspecified atom stereocenters. The molecule has 0 bridgehead atoms. The van der Waals surface area contributed by atoms with Gasteiger partial charge >= 0.3 is 0 Å². The molecule has 7 nitrogen and oxygen atoms in total. The van der Waals surface area contributed by atoms with Crippen molar-refractivity contribution < 1.29 is 4.79 Å². The van der Waals surface area contributed by atoms with E-state index in [1.165, 1.54) is 0 Å². The van der Waals surface area contributed by atoms with Crippen LogP contribution in [0.1, 0.15) is 17.3 Å². The summed E-state index contributed by atoms with van der Waals surface area (Å²) < 4.78 is 1.73. The van der Waals surface area contributed by atoms with Gasteiger partial charge in [-0.2, -0.15) is 5.10 Å². The van der Waals surface area contributed by atoms with Crippen LogP contribution < -0.4 is 4.90 Å². The second-order valence-corrected chi connectivity index (χ2v) is 6.31. The molecule has 1 aromatic carbocycles. The number of hydrogen-bond acceptors (Lipinski definition) is 5. The van der Waals surface area contributed by atoms with Gasteiger partial charge in [-0.3, -0.25) is 4.79 Å². The third-order valence-corrected chi connectivity index (χ3v) is 4.61. The van der Waals surface area contributed by atoms with Gasteiger partial charge in [0.25, 0.3) is 5.91 Å². The Labute approximate surface area is 151 Å². The van der Waals surface area contributed by atoms with Gasteiger partial charge in [0.1, 0.15) is 0 Å². The van der Waals surface area contributed by atoms with Gasteiger partial charge in [0.05, 0.1) is 11.3 Å². The van der Waals surface area contributed by atoms with Crippen LogP contribution in [0.4, 0.5) is 5.95 Å². The summed E-state index contributed by atoms with van der Waals surface area (Å²) >= 11 is 0. The van der Waals surface area contributed by atoms with Crippen LogP contribution in [0, 0.1) is 0 Å². The van der Waals surface area contributed by atoms with Crippen LogP contribution in [0.2, 0.25) is 0 Å². The Morgan fingerprint density at radius 3 is 2.58 bits per heavy atom. The summed E-state index contributed by atoms with van der Waals surface area (Å²) in [6.45, 7) is 4.06. The van der Waals surface area contributed by atoms with E-state index in [2.05, 4.69) is 26.9 Å². The van der Waals surface area contributed by atoms with Gasteiger partial charge in [-0.25, -0.2) is 14.6 Å². The number of carbonyl (C=O) groups is 1. The van der Waals surface area contributed by atoms with Crippen molar-refractivity contribution in [3.63, 3.8) is 0 Å². The van der Waals surface area contributed by atoms with E-state index < -0.39 is 0 Å². The molecule has 1 amide bonds. The van der Waals surface area contributed by atoms with E-state index in [1.807, 2.05) is 41.4 Å². The Hall–Kier alpha value is -3.22. The van der Waals surface area contributed by atoms with Crippen LogP contribution in [0.5, 0.6) is 0 Å². The fraction of sp³-hybridized carbons (Fsp3) is 0.263. The zero-order valence-electron chi connectivity index (χ0n) is 14.6. The Balaban J connectivity index is 1.54. The molecule has 1 atom stereocenters. The monoisotopic (exact) mass is 348 g/mol. The smallest absolute Gasteiger partial charge is 0.256 e. The SMILES string of the molecule is CC1CN(C(=O)c2ccccc2-n2cccn2)CCN1c1ncccn1. The van der Waals surface area contributed by atoms with Gasteiger partial charge < -0.3 is 9.80 Å². The number of para-hydroxylation sites is 1. The van der Waals surface area contributed by atoms with Crippen molar-refractivity contribution in [3.05, 3.63) is 66.7 Å². The van der Waals surface area contributed by atoms with Gasteiger partial charge in [0.2, 0.25) is 5.95 Å². The third-order valence-electron chi connectivity index (χ3n) is 4.61. The topological polar surface area (TPSA) is 67.2 Å². The highest BCUT2D eigenvalue weighted by Crippen LogP contribution is 2.20. The number of aromatic nitrogens is 4. The lowest BCUT2D eigenvalue weighted by atomic mass is 10.1. The number of amides is 1. The van der Waals surface area contributed by atoms with Crippen molar-refractivity contribution >= 4 is 11.9 Å². The molecule has 0 N–H and O–H groups in total. The summed E-state index contributed by atoms with van der Waals surface area (Å²) in [5.74, 6) is 0.737. The van der Waals surface area contributed by atoms with Crippen molar-refractivity contribution in [2.75, 3.05) is 24.5 Å². The molecule has 132 valence electrons. The average Bonchev–Trinajstić information content (AvgIpc) is 3.23. The van der Waals surface area contributed by atoms with E-state index in [1.54, 1.807) is 29.3 Å². The maximum atomic E-state index is 13.1. The van der Waals surface area contributed by atoms with E-state index in [0.717, 1.165) is 5.69 Å². The average molecular weight is 348 g/mol. The minimum atomic E-state index is 0.0246. The first-order valence-corrected chi connectivity index (χ1v) is 8.66. The van der Waals surface area contributed by atoms with Crippen molar-refractivity contribution in [2.45, 2.75) is 13.0 Å². The van der Waals surface area contributed by atoms with E-state index in [4.69, 9.17) is 0 Å². The summed E-state index contributed by atoms with van der Waals surface area (Å²) in [5.41, 5.74) is 1.46. The Morgan fingerprint density at radius 2 is 1.85 bits per heavy atom. The first-order chi connectivity index (χ1) is 12.7. The molecule has 1 fully saturated rings. The van der Waals surface area contributed by atoms with Crippen LogP contribution in [-0.4, -0.2) is 56.2 Å². The lowest BCUT2D eigenvalue weighted by Crippen LogP contribution is -2.54. The zero-order valence-corrected chi connectivity index (χ0v) is 14.6. The van der Waals surface area contributed by atoms with Gasteiger partial charge in [0.15, 0.2) is 0 Å². The molecule has 0 radical (unpaired) electrons. The summed E-state index contributed by atoms with van der Waals surface area (Å²) in [5, 5.41) is 4.26. The molecule has 1 saturated heterocycles. The van der Waals surface area contributed by atoms with Crippen molar-refractivity contribution in [2.24, 2.45) is 0 Å². The Bertz CT molecular complexity index is 880. The highest BCUT2D eigenvalue weighted by Gasteiger charge is 2.29. The zero-order chi connectivity index (χ0) is 17.9. The van der Waals surface area contributed by atoms with Crippen molar-refractivity contribution in [1.29, 1.82) is 0 Å². The fourth-order valence-corrected chi connectivity index (χ4v) is 3.31. The van der Waals surface area contributed by atoms with E-state index >= 15 is 0 Å².